The van der Waals surface area contributed by atoms with Crippen molar-refractivity contribution in [2.45, 2.75) is 303 Å². The van der Waals surface area contributed by atoms with Crippen LogP contribution >= 0.6 is 7.82 Å². The van der Waals surface area contributed by atoms with Crippen LogP contribution in [0.4, 0.5) is 0 Å². The van der Waals surface area contributed by atoms with Crippen LogP contribution in [0.2, 0.25) is 0 Å². The van der Waals surface area contributed by atoms with E-state index >= 15 is 0 Å². The normalized spacial score (nSPS) is 13.4. The summed E-state index contributed by atoms with van der Waals surface area (Å²) in [6.45, 7) is 4.67. The highest BCUT2D eigenvalue weighted by molar-refractivity contribution is 7.47. The molecular weight excluding hydrogens is 880 g/mol. The Kier molecular flexibility index (Phi) is 50.2. The number of hydrogen-bond acceptors (Lipinski definition) is 10. The first-order valence-corrected chi connectivity index (χ1v) is 30.1. The van der Waals surface area contributed by atoms with Gasteiger partial charge in [0.05, 0.1) is 19.8 Å². The van der Waals surface area contributed by atoms with Gasteiger partial charge in [-0.05, 0) is 44.9 Å². The van der Waals surface area contributed by atoms with E-state index < -0.39 is 57.8 Å². The zero-order chi connectivity index (χ0) is 49.9. The SMILES string of the molecule is CCCCCCCC/C=C\CCCCCCCCCC(=O)OC(COC(=O)CCCCCCCCCCCCC)COP(=O)(O)OCC(CO)OC(=O)CCCCCCCCCCCCCCC. The van der Waals surface area contributed by atoms with Crippen molar-refractivity contribution in [2.24, 2.45) is 0 Å². The molecule has 0 saturated carbocycles. The number of aliphatic hydroxyl groups excluding tert-OH is 1. The largest absolute Gasteiger partial charge is 0.472 e. The number of unbranched alkanes of at least 4 members (excludes halogenated alkanes) is 35. The van der Waals surface area contributed by atoms with E-state index in [1.807, 2.05) is 0 Å². The second-order valence-corrected chi connectivity index (χ2v) is 20.9. The molecule has 0 bridgehead atoms. The lowest BCUT2D eigenvalue weighted by molar-refractivity contribution is -0.161. The topological polar surface area (TPSA) is 155 Å². The number of rotatable bonds is 54. The summed E-state index contributed by atoms with van der Waals surface area (Å²) in [5, 5.41) is 9.79. The lowest BCUT2D eigenvalue weighted by Gasteiger charge is -2.21. The predicted molar refractivity (Wildman–Crippen MR) is 280 cm³/mol. The minimum absolute atomic E-state index is 0.169. The molecule has 68 heavy (non-hydrogen) atoms. The number of carbonyl (C=O) groups excluding carboxylic acids is 3. The third-order valence-electron chi connectivity index (χ3n) is 12.7. The van der Waals surface area contributed by atoms with Crippen molar-refractivity contribution < 1.29 is 52.2 Å². The highest BCUT2D eigenvalue weighted by atomic mass is 31.2. The Morgan fingerprint density at radius 3 is 1.01 bits per heavy atom. The maximum absolute atomic E-state index is 12.9. The van der Waals surface area contributed by atoms with E-state index in [0.717, 1.165) is 64.2 Å². The second-order valence-electron chi connectivity index (χ2n) is 19.5. The molecule has 3 unspecified atom stereocenters. The highest BCUT2D eigenvalue weighted by Crippen LogP contribution is 2.43. The molecule has 0 spiro atoms. The molecule has 0 heterocycles. The van der Waals surface area contributed by atoms with Gasteiger partial charge in [0, 0.05) is 19.3 Å². The van der Waals surface area contributed by atoms with Crippen molar-refractivity contribution in [3.05, 3.63) is 12.2 Å². The van der Waals surface area contributed by atoms with Gasteiger partial charge in [0.1, 0.15) is 12.7 Å². The third kappa shape index (κ3) is 49.2. The first-order valence-electron chi connectivity index (χ1n) is 28.6. The van der Waals surface area contributed by atoms with E-state index in [9.17, 15) is 28.9 Å². The molecular formula is C56H107O11P. The monoisotopic (exact) mass is 987 g/mol. The number of ether oxygens (including phenoxy) is 3. The minimum Gasteiger partial charge on any atom is -0.462 e. The lowest BCUT2D eigenvalue weighted by Crippen LogP contribution is -2.30. The molecule has 0 aromatic heterocycles. The maximum atomic E-state index is 12.9. The van der Waals surface area contributed by atoms with Gasteiger partial charge in [-0.15, -0.1) is 0 Å². The van der Waals surface area contributed by atoms with Gasteiger partial charge >= 0.3 is 25.7 Å². The van der Waals surface area contributed by atoms with Crippen molar-refractivity contribution in [1.29, 1.82) is 0 Å². The van der Waals surface area contributed by atoms with E-state index in [1.165, 1.54) is 167 Å². The molecule has 2 N–H and O–H groups in total. The van der Waals surface area contributed by atoms with Crippen LogP contribution in [-0.2, 0) is 42.2 Å². The molecule has 0 aromatic rings. The average Bonchev–Trinajstić information content (AvgIpc) is 3.32. The minimum atomic E-state index is -4.73. The van der Waals surface area contributed by atoms with E-state index in [4.69, 9.17) is 23.3 Å². The fourth-order valence-corrected chi connectivity index (χ4v) is 9.08. The lowest BCUT2D eigenvalue weighted by atomic mass is 10.0. The third-order valence-corrected chi connectivity index (χ3v) is 13.6. The summed E-state index contributed by atoms with van der Waals surface area (Å²) in [5.74, 6) is -1.44. The first-order chi connectivity index (χ1) is 33.2. The summed E-state index contributed by atoms with van der Waals surface area (Å²) in [7, 11) is -4.73. The Balaban J connectivity index is 4.66. The zero-order valence-electron chi connectivity index (χ0n) is 44.4. The molecule has 0 amide bonds. The van der Waals surface area contributed by atoms with Crippen molar-refractivity contribution >= 4 is 25.7 Å². The standard InChI is InChI=1S/C56H107O11P/c1-4-7-10-13-16-19-22-24-25-26-27-29-32-35-38-41-44-47-56(60)67-53(49-63-54(58)45-42-39-36-33-30-21-18-15-12-9-6-3)51-65-68(61,62)64-50-52(48-57)66-55(59)46-43-40-37-34-31-28-23-20-17-14-11-8-5-2/h24-25,52-53,57H,4-23,26-51H2,1-3H3,(H,61,62)/b25-24-. The molecule has 402 valence electrons. The van der Waals surface area contributed by atoms with E-state index in [-0.39, 0.29) is 25.9 Å². The van der Waals surface area contributed by atoms with Crippen molar-refractivity contribution in [1.82, 2.24) is 0 Å². The van der Waals surface area contributed by atoms with Crippen molar-refractivity contribution in [3.63, 3.8) is 0 Å². The molecule has 0 fully saturated rings. The Morgan fingerprint density at radius 1 is 0.397 bits per heavy atom. The maximum Gasteiger partial charge on any atom is 0.472 e. The van der Waals surface area contributed by atoms with Crippen LogP contribution in [0.5, 0.6) is 0 Å². The van der Waals surface area contributed by atoms with Gasteiger partial charge < -0.3 is 24.2 Å². The van der Waals surface area contributed by atoms with Gasteiger partial charge in [0.25, 0.3) is 0 Å². The van der Waals surface area contributed by atoms with Crippen LogP contribution < -0.4 is 0 Å². The van der Waals surface area contributed by atoms with Crippen molar-refractivity contribution in [2.75, 3.05) is 26.4 Å². The number of aliphatic hydroxyl groups is 1. The summed E-state index contributed by atoms with van der Waals surface area (Å²) < 4.78 is 39.5. The fraction of sp³-hybridized carbons (Fsp3) is 0.911. The molecule has 12 heteroatoms. The molecule has 0 radical (unpaired) electrons. The molecule has 0 aromatic carbocycles. The van der Waals surface area contributed by atoms with Gasteiger partial charge in [0.15, 0.2) is 6.10 Å². The summed E-state index contributed by atoms with van der Waals surface area (Å²) in [4.78, 5) is 48.4. The number of hydrogen-bond donors (Lipinski definition) is 2. The smallest absolute Gasteiger partial charge is 0.462 e. The van der Waals surface area contributed by atoms with Gasteiger partial charge in [0.2, 0.25) is 0 Å². The summed E-state index contributed by atoms with van der Waals surface area (Å²) in [6.07, 6.45) is 48.8. The van der Waals surface area contributed by atoms with Crippen LogP contribution in [0.15, 0.2) is 12.2 Å². The van der Waals surface area contributed by atoms with Gasteiger partial charge in [-0.2, -0.15) is 0 Å². The summed E-state index contributed by atoms with van der Waals surface area (Å²) in [6, 6.07) is 0. The van der Waals surface area contributed by atoms with Gasteiger partial charge in [-0.25, -0.2) is 4.57 Å². The van der Waals surface area contributed by atoms with Gasteiger partial charge in [-0.1, -0.05) is 238 Å². The Hall–Kier alpha value is -1.78. The van der Waals surface area contributed by atoms with Crippen LogP contribution in [0.3, 0.4) is 0 Å². The zero-order valence-corrected chi connectivity index (χ0v) is 45.2. The second kappa shape index (κ2) is 51.6. The predicted octanol–water partition coefficient (Wildman–Crippen LogP) is 16.5. The molecule has 0 saturated heterocycles. The van der Waals surface area contributed by atoms with Crippen LogP contribution in [0, 0.1) is 0 Å². The molecule has 0 aliphatic carbocycles. The number of phosphoric acid groups is 1. The summed E-state index contributed by atoms with van der Waals surface area (Å²) >= 11 is 0. The Labute approximate surface area is 417 Å². The van der Waals surface area contributed by atoms with E-state index in [2.05, 4.69) is 32.9 Å². The quantitative estimate of drug-likeness (QED) is 0.0197. The Bertz CT molecular complexity index is 1200. The average molecular weight is 987 g/mol. The fourth-order valence-electron chi connectivity index (χ4n) is 8.29. The van der Waals surface area contributed by atoms with E-state index in [1.54, 1.807) is 0 Å². The number of allylic oxidation sites excluding steroid dienone is 2. The van der Waals surface area contributed by atoms with Crippen LogP contribution in [-0.4, -0.2) is 66.5 Å². The number of carbonyl (C=O) groups is 3. The molecule has 3 atom stereocenters. The van der Waals surface area contributed by atoms with Gasteiger partial charge in [-0.3, -0.25) is 23.4 Å². The molecule has 0 aliphatic rings. The first kappa shape index (κ1) is 66.2. The number of phosphoric ester groups is 1. The molecule has 0 aliphatic heterocycles. The highest BCUT2D eigenvalue weighted by Gasteiger charge is 2.28. The summed E-state index contributed by atoms with van der Waals surface area (Å²) in [5.41, 5.74) is 0. The van der Waals surface area contributed by atoms with Crippen LogP contribution in [0.25, 0.3) is 0 Å². The van der Waals surface area contributed by atoms with Crippen molar-refractivity contribution in [3.8, 4) is 0 Å². The van der Waals surface area contributed by atoms with Crippen LogP contribution in [0.1, 0.15) is 290 Å². The Morgan fingerprint density at radius 2 is 0.676 bits per heavy atom. The molecule has 11 nitrogen and oxygen atoms in total. The number of esters is 3. The van der Waals surface area contributed by atoms with E-state index in [0.29, 0.717) is 19.3 Å². The molecule has 0 rings (SSSR count).